The van der Waals surface area contributed by atoms with Gasteiger partial charge in [-0.3, -0.25) is 14.4 Å². The van der Waals surface area contributed by atoms with Gasteiger partial charge in [-0.2, -0.15) is 5.06 Å². The molecule has 0 amide bonds. The SMILES string of the molecule is CCCCC(CC(C(=O)OC(C)(C)C)C(=O)OC(C)(C)C)ON1C(C)(C)CCCC1(C)C. The molecule has 188 valence electrons. The number of hydrogen-bond donors (Lipinski definition) is 0. The van der Waals surface area contributed by atoms with Crippen molar-refractivity contribution in [1.82, 2.24) is 5.06 Å². The Balaban J connectivity index is 3.19. The third kappa shape index (κ3) is 9.38. The predicted octanol–water partition coefficient (Wildman–Crippen LogP) is 6.21. The molecule has 32 heavy (non-hydrogen) atoms. The second kappa shape index (κ2) is 10.9. The number of unbranched alkanes of at least 4 members (excludes halogenated alkanes) is 1. The number of esters is 2. The van der Waals surface area contributed by atoms with Gasteiger partial charge in [-0.15, -0.1) is 0 Å². The number of hydroxylamine groups is 2. The topological polar surface area (TPSA) is 65.1 Å². The van der Waals surface area contributed by atoms with Gasteiger partial charge in [0.2, 0.25) is 0 Å². The van der Waals surface area contributed by atoms with Gasteiger partial charge in [0.05, 0.1) is 6.10 Å². The van der Waals surface area contributed by atoms with Crippen molar-refractivity contribution in [2.24, 2.45) is 5.92 Å². The minimum Gasteiger partial charge on any atom is -0.459 e. The van der Waals surface area contributed by atoms with Crippen LogP contribution < -0.4 is 0 Å². The van der Waals surface area contributed by atoms with Gasteiger partial charge in [0.15, 0.2) is 5.92 Å². The van der Waals surface area contributed by atoms with E-state index in [2.05, 4.69) is 39.7 Å². The molecule has 0 aromatic carbocycles. The first-order chi connectivity index (χ1) is 14.4. The zero-order valence-electron chi connectivity index (χ0n) is 22.6. The molecule has 0 aromatic rings. The summed E-state index contributed by atoms with van der Waals surface area (Å²) >= 11 is 0. The quantitative estimate of drug-likeness (QED) is 0.304. The van der Waals surface area contributed by atoms with Crippen molar-refractivity contribution in [3.63, 3.8) is 0 Å². The van der Waals surface area contributed by atoms with Gasteiger partial charge in [0.1, 0.15) is 11.2 Å². The fourth-order valence-corrected chi connectivity index (χ4v) is 4.35. The molecule has 1 atom stereocenters. The van der Waals surface area contributed by atoms with E-state index in [-0.39, 0.29) is 23.6 Å². The Morgan fingerprint density at radius 1 is 0.875 bits per heavy atom. The smallest absolute Gasteiger partial charge is 0.320 e. The van der Waals surface area contributed by atoms with Gasteiger partial charge in [0.25, 0.3) is 0 Å². The van der Waals surface area contributed by atoms with Crippen molar-refractivity contribution in [2.45, 2.75) is 149 Å². The van der Waals surface area contributed by atoms with E-state index in [1.54, 1.807) is 41.5 Å². The number of carbonyl (C=O) groups is 2. The van der Waals surface area contributed by atoms with Crippen LogP contribution in [0, 0.1) is 5.92 Å². The summed E-state index contributed by atoms with van der Waals surface area (Å²) in [5, 5.41) is 2.12. The van der Waals surface area contributed by atoms with Gasteiger partial charge in [-0.05, 0) is 101 Å². The lowest BCUT2D eigenvalue weighted by Gasteiger charge is -2.52. The van der Waals surface area contributed by atoms with Gasteiger partial charge in [0, 0.05) is 11.1 Å². The van der Waals surface area contributed by atoms with Crippen molar-refractivity contribution in [2.75, 3.05) is 0 Å². The summed E-state index contributed by atoms with van der Waals surface area (Å²) < 4.78 is 11.2. The molecule has 1 saturated heterocycles. The zero-order chi connectivity index (χ0) is 25.0. The van der Waals surface area contributed by atoms with E-state index < -0.39 is 29.1 Å². The van der Waals surface area contributed by atoms with Gasteiger partial charge in [-0.1, -0.05) is 19.8 Å². The Kier molecular flexibility index (Phi) is 9.80. The zero-order valence-corrected chi connectivity index (χ0v) is 22.6. The Hall–Kier alpha value is -1.14. The lowest BCUT2D eigenvalue weighted by molar-refractivity contribution is -0.307. The van der Waals surface area contributed by atoms with Crippen molar-refractivity contribution in [3.05, 3.63) is 0 Å². The highest BCUT2D eigenvalue weighted by Gasteiger charge is 2.45. The van der Waals surface area contributed by atoms with Crippen LogP contribution in [0.1, 0.15) is 121 Å². The molecule has 1 heterocycles. The maximum atomic E-state index is 13.1. The molecule has 0 bridgehead atoms. The van der Waals surface area contributed by atoms with Crippen LogP contribution >= 0.6 is 0 Å². The summed E-state index contributed by atoms with van der Waals surface area (Å²) in [4.78, 5) is 32.7. The highest BCUT2D eigenvalue weighted by atomic mass is 16.7. The Morgan fingerprint density at radius 2 is 1.31 bits per heavy atom. The summed E-state index contributed by atoms with van der Waals surface area (Å²) in [6.45, 7) is 21.8. The van der Waals surface area contributed by atoms with E-state index >= 15 is 0 Å². The number of ether oxygens (including phenoxy) is 2. The second-order valence-electron chi connectivity index (χ2n) is 12.5. The maximum absolute atomic E-state index is 13.1. The van der Waals surface area contributed by atoms with Gasteiger partial charge >= 0.3 is 11.9 Å². The molecule has 0 aromatic heterocycles. The van der Waals surface area contributed by atoms with Crippen LogP contribution in [0.2, 0.25) is 0 Å². The Morgan fingerprint density at radius 3 is 1.69 bits per heavy atom. The molecule has 1 aliphatic rings. The molecule has 1 rings (SSSR count). The maximum Gasteiger partial charge on any atom is 0.320 e. The van der Waals surface area contributed by atoms with E-state index in [0.29, 0.717) is 0 Å². The van der Waals surface area contributed by atoms with Crippen LogP contribution in [-0.4, -0.2) is 45.4 Å². The largest absolute Gasteiger partial charge is 0.459 e. The summed E-state index contributed by atoms with van der Waals surface area (Å²) in [6.07, 6.45) is 5.92. The third-order valence-electron chi connectivity index (χ3n) is 5.69. The van der Waals surface area contributed by atoms with Crippen LogP contribution in [0.5, 0.6) is 0 Å². The molecule has 0 saturated carbocycles. The van der Waals surface area contributed by atoms with Crippen LogP contribution in [0.4, 0.5) is 0 Å². The molecular formula is C26H49NO5. The summed E-state index contributed by atoms with van der Waals surface area (Å²) in [5.74, 6) is -2.12. The fraction of sp³-hybridized carbons (Fsp3) is 0.923. The number of carbonyl (C=O) groups excluding carboxylic acids is 2. The molecule has 0 N–H and O–H groups in total. The molecule has 0 radical (unpaired) electrons. The van der Waals surface area contributed by atoms with Gasteiger partial charge < -0.3 is 9.47 Å². The van der Waals surface area contributed by atoms with E-state index in [0.717, 1.165) is 38.5 Å². The highest BCUT2D eigenvalue weighted by Crippen LogP contribution is 2.40. The van der Waals surface area contributed by atoms with Crippen LogP contribution in [-0.2, 0) is 23.9 Å². The lowest BCUT2D eigenvalue weighted by atomic mass is 9.82. The number of hydrogen-bond acceptors (Lipinski definition) is 6. The Bertz CT molecular complexity index is 583. The molecule has 0 aliphatic carbocycles. The number of piperidine rings is 1. The van der Waals surface area contributed by atoms with E-state index in [1.165, 1.54) is 0 Å². The molecular weight excluding hydrogens is 406 g/mol. The first kappa shape index (κ1) is 28.9. The van der Waals surface area contributed by atoms with E-state index in [1.807, 2.05) is 0 Å². The van der Waals surface area contributed by atoms with Crippen molar-refractivity contribution in [1.29, 1.82) is 0 Å². The molecule has 1 aliphatic heterocycles. The minimum absolute atomic E-state index is 0.125. The molecule has 0 spiro atoms. The monoisotopic (exact) mass is 455 g/mol. The van der Waals surface area contributed by atoms with E-state index in [9.17, 15) is 9.59 Å². The van der Waals surface area contributed by atoms with Crippen LogP contribution in [0.25, 0.3) is 0 Å². The Labute approximate surface area is 196 Å². The average Bonchev–Trinajstić information content (AvgIpc) is 2.55. The summed E-state index contributed by atoms with van der Waals surface area (Å²) in [7, 11) is 0. The standard InChI is InChI=1S/C26H49NO5/c1-12-13-15-19(32-27-25(8,9)16-14-17-26(27,10)11)18-20(21(28)30-23(2,3)4)22(29)31-24(5,6)7/h19-20H,12-18H2,1-11H3. The minimum atomic E-state index is -1.02. The molecule has 1 unspecified atom stereocenters. The summed E-state index contributed by atoms with van der Waals surface area (Å²) in [6, 6.07) is 0. The fourth-order valence-electron chi connectivity index (χ4n) is 4.35. The normalized spacial score (nSPS) is 20.1. The summed E-state index contributed by atoms with van der Waals surface area (Å²) in [5.41, 5.74) is -1.62. The van der Waals surface area contributed by atoms with E-state index in [4.69, 9.17) is 14.3 Å². The van der Waals surface area contributed by atoms with Crippen molar-refractivity contribution >= 4 is 11.9 Å². The average molecular weight is 456 g/mol. The first-order valence-electron chi connectivity index (χ1n) is 12.3. The van der Waals surface area contributed by atoms with Crippen molar-refractivity contribution < 1.29 is 23.9 Å². The van der Waals surface area contributed by atoms with Gasteiger partial charge in [-0.25, -0.2) is 0 Å². The number of nitrogens with zero attached hydrogens (tertiary/aromatic N) is 1. The number of rotatable bonds is 9. The molecule has 1 fully saturated rings. The third-order valence-corrected chi connectivity index (χ3v) is 5.69. The first-order valence-corrected chi connectivity index (χ1v) is 12.3. The van der Waals surface area contributed by atoms with Crippen LogP contribution in [0.15, 0.2) is 0 Å². The van der Waals surface area contributed by atoms with Crippen molar-refractivity contribution in [3.8, 4) is 0 Å². The van der Waals surface area contributed by atoms with Crippen LogP contribution in [0.3, 0.4) is 0 Å². The molecule has 6 nitrogen and oxygen atoms in total. The lowest BCUT2D eigenvalue weighted by Crippen LogP contribution is -2.59. The second-order valence-corrected chi connectivity index (χ2v) is 12.5. The highest BCUT2D eigenvalue weighted by molar-refractivity contribution is 5.95. The molecule has 6 heteroatoms. The predicted molar refractivity (Wildman–Crippen MR) is 128 cm³/mol.